The normalized spacial score (nSPS) is 19.2. The van der Waals surface area contributed by atoms with Crippen LogP contribution in [0.25, 0.3) is 0 Å². The standard InChI is InChI=1S/C21H28N4O3/c1-15-2-4-16(5-3-15)12-22-21(26)25-10-8-18(13-25)20-23-19(24-28-20)9-11-27-14-17-6-7-17/h2-5,17-18H,6-14H2,1H3,(H,22,26). The quantitative estimate of drug-likeness (QED) is 0.708. The number of rotatable bonds is 8. The van der Waals surface area contributed by atoms with Crippen LogP contribution in [0.1, 0.15) is 48.0 Å². The highest BCUT2D eigenvalue weighted by molar-refractivity contribution is 5.74. The van der Waals surface area contributed by atoms with E-state index in [1.165, 1.54) is 18.4 Å². The van der Waals surface area contributed by atoms with Crippen LogP contribution in [-0.2, 0) is 17.7 Å². The van der Waals surface area contributed by atoms with Crippen molar-refractivity contribution in [1.82, 2.24) is 20.4 Å². The van der Waals surface area contributed by atoms with Gasteiger partial charge in [0.2, 0.25) is 5.89 Å². The van der Waals surface area contributed by atoms with Crippen molar-refractivity contribution in [2.45, 2.75) is 45.1 Å². The van der Waals surface area contributed by atoms with Crippen molar-refractivity contribution in [3.63, 3.8) is 0 Å². The highest BCUT2D eigenvalue weighted by Gasteiger charge is 2.31. The topological polar surface area (TPSA) is 80.5 Å². The molecule has 1 aliphatic heterocycles. The number of nitrogens with zero attached hydrogens (tertiary/aromatic N) is 3. The van der Waals surface area contributed by atoms with Crippen LogP contribution in [-0.4, -0.2) is 47.4 Å². The molecule has 2 fully saturated rings. The SMILES string of the molecule is Cc1ccc(CNC(=O)N2CCC(c3nc(CCOCC4CC4)no3)C2)cc1. The monoisotopic (exact) mass is 384 g/mol. The molecule has 2 aliphatic rings. The van der Waals surface area contributed by atoms with Crippen LogP contribution in [0.15, 0.2) is 28.8 Å². The average molecular weight is 384 g/mol. The molecule has 1 saturated carbocycles. The number of carbonyl (C=O) groups excluding carboxylic acids is 1. The van der Waals surface area contributed by atoms with Crippen LogP contribution in [0.3, 0.4) is 0 Å². The Bertz CT molecular complexity index is 785. The fourth-order valence-electron chi connectivity index (χ4n) is 3.37. The number of hydrogen-bond donors (Lipinski definition) is 1. The van der Waals surface area contributed by atoms with E-state index in [1.807, 2.05) is 17.0 Å². The van der Waals surface area contributed by atoms with Crippen molar-refractivity contribution in [2.75, 3.05) is 26.3 Å². The lowest BCUT2D eigenvalue weighted by atomic mass is 10.1. The lowest BCUT2D eigenvalue weighted by molar-refractivity contribution is 0.125. The number of benzene rings is 1. The van der Waals surface area contributed by atoms with Crippen molar-refractivity contribution >= 4 is 6.03 Å². The second kappa shape index (κ2) is 8.73. The molecule has 2 aromatic rings. The minimum Gasteiger partial charge on any atom is -0.381 e. The number of urea groups is 1. The second-order valence-corrected chi connectivity index (χ2v) is 7.89. The maximum atomic E-state index is 12.4. The zero-order valence-electron chi connectivity index (χ0n) is 16.4. The van der Waals surface area contributed by atoms with Crippen LogP contribution in [0, 0.1) is 12.8 Å². The van der Waals surface area contributed by atoms with E-state index < -0.39 is 0 Å². The van der Waals surface area contributed by atoms with E-state index in [4.69, 9.17) is 9.26 Å². The predicted molar refractivity (Wildman–Crippen MR) is 104 cm³/mol. The fourth-order valence-corrected chi connectivity index (χ4v) is 3.37. The Morgan fingerprint density at radius 1 is 1.29 bits per heavy atom. The molecule has 0 bridgehead atoms. The molecule has 2 amide bonds. The average Bonchev–Trinajstić information content (AvgIpc) is 3.18. The van der Waals surface area contributed by atoms with Gasteiger partial charge >= 0.3 is 6.03 Å². The van der Waals surface area contributed by atoms with Crippen molar-refractivity contribution in [2.24, 2.45) is 5.92 Å². The third-order valence-electron chi connectivity index (χ3n) is 5.39. The van der Waals surface area contributed by atoms with E-state index in [9.17, 15) is 4.79 Å². The molecule has 4 rings (SSSR count). The third kappa shape index (κ3) is 5.10. The first-order valence-corrected chi connectivity index (χ1v) is 10.2. The van der Waals surface area contributed by atoms with E-state index >= 15 is 0 Å². The van der Waals surface area contributed by atoms with Gasteiger partial charge in [-0.15, -0.1) is 0 Å². The summed E-state index contributed by atoms with van der Waals surface area (Å²) in [5.41, 5.74) is 2.31. The van der Waals surface area contributed by atoms with Crippen molar-refractivity contribution < 1.29 is 14.1 Å². The van der Waals surface area contributed by atoms with Crippen LogP contribution in [0.2, 0.25) is 0 Å². The van der Waals surface area contributed by atoms with E-state index in [0.717, 1.165) is 24.5 Å². The third-order valence-corrected chi connectivity index (χ3v) is 5.39. The summed E-state index contributed by atoms with van der Waals surface area (Å²) in [6, 6.07) is 8.14. The molecule has 1 atom stereocenters. The Labute approximate surface area is 165 Å². The zero-order chi connectivity index (χ0) is 19.3. The fraction of sp³-hybridized carbons (Fsp3) is 0.571. The summed E-state index contributed by atoms with van der Waals surface area (Å²) >= 11 is 0. The van der Waals surface area contributed by atoms with Gasteiger partial charge < -0.3 is 19.5 Å². The van der Waals surface area contributed by atoms with Crippen LogP contribution in [0.4, 0.5) is 4.79 Å². The molecule has 28 heavy (non-hydrogen) atoms. The summed E-state index contributed by atoms with van der Waals surface area (Å²) in [7, 11) is 0. The minimum atomic E-state index is -0.0451. The molecule has 150 valence electrons. The van der Waals surface area contributed by atoms with E-state index in [-0.39, 0.29) is 11.9 Å². The van der Waals surface area contributed by atoms with Crippen molar-refractivity contribution in [1.29, 1.82) is 0 Å². The van der Waals surface area contributed by atoms with Gasteiger partial charge in [0, 0.05) is 32.7 Å². The van der Waals surface area contributed by atoms with Gasteiger partial charge in [0.05, 0.1) is 12.5 Å². The molecule has 2 heterocycles. The predicted octanol–water partition coefficient (Wildman–Crippen LogP) is 3.05. The Balaban J connectivity index is 1.20. The molecule has 1 aromatic carbocycles. The van der Waals surface area contributed by atoms with Crippen LogP contribution < -0.4 is 5.32 Å². The smallest absolute Gasteiger partial charge is 0.317 e. The molecule has 1 saturated heterocycles. The second-order valence-electron chi connectivity index (χ2n) is 7.89. The maximum Gasteiger partial charge on any atom is 0.317 e. The number of amides is 2. The number of likely N-dealkylation sites (tertiary alicyclic amines) is 1. The van der Waals surface area contributed by atoms with E-state index in [2.05, 4.69) is 34.5 Å². The number of hydrogen-bond acceptors (Lipinski definition) is 5. The Morgan fingerprint density at radius 3 is 2.89 bits per heavy atom. The maximum absolute atomic E-state index is 12.4. The van der Waals surface area contributed by atoms with E-state index in [0.29, 0.717) is 44.4 Å². The summed E-state index contributed by atoms with van der Waals surface area (Å²) < 4.78 is 11.1. The molecule has 1 N–H and O–H groups in total. The Hall–Kier alpha value is -2.41. The Kier molecular flexibility index (Phi) is 5.90. The van der Waals surface area contributed by atoms with Crippen LogP contribution >= 0.6 is 0 Å². The molecular weight excluding hydrogens is 356 g/mol. The van der Waals surface area contributed by atoms with E-state index in [1.54, 1.807) is 0 Å². The number of ether oxygens (including phenoxy) is 1. The highest BCUT2D eigenvalue weighted by atomic mass is 16.5. The molecule has 1 aromatic heterocycles. The van der Waals surface area contributed by atoms with Crippen molar-refractivity contribution in [3.05, 3.63) is 47.1 Å². The van der Waals surface area contributed by atoms with Gasteiger partial charge in [-0.3, -0.25) is 0 Å². The number of aryl methyl sites for hydroxylation is 1. The summed E-state index contributed by atoms with van der Waals surface area (Å²) in [5, 5.41) is 7.05. The summed E-state index contributed by atoms with van der Waals surface area (Å²) in [6.45, 7) is 5.38. The molecule has 1 unspecified atom stereocenters. The number of nitrogens with one attached hydrogen (secondary N) is 1. The van der Waals surface area contributed by atoms with Gasteiger partial charge in [-0.2, -0.15) is 4.98 Å². The molecule has 0 spiro atoms. The van der Waals surface area contributed by atoms with Gasteiger partial charge in [-0.25, -0.2) is 4.79 Å². The first-order chi connectivity index (χ1) is 13.7. The molecule has 7 heteroatoms. The lowest BCUT2D eigenvalue weighted by Gasteiger charge is -2.16. The minimum absolute atomic E-state index is 0.0451. The molecule has 1 aliphatic carbocycles. The van der Waals surface area contributed by atoms with Crippen molar-refractivity contribution in [3.8, 4) is 0 Å². The first kappa shape index (κ1) is 18.9. The number of aromatic nitrogens is 2. The van der Waals surface area contributed by atoms with Crippen LogP contribution in [0.5, 0.6) is 0 Å². The van der Waals surface area contributed by atoms with Gasteiger partial charge in [0.1, 0.15) is 0 Å². The molecule has 7 nitrogen and oxygen atoms in total. The van der Waals surface area contributed by atoms with Gasteiger partial charge in [0.15, 0.2) is 5.82 Å². The number of carbonyl (C=O) groups is 1. The summed E-state index contributed by atoms with van der Waals surface area (Å²) in [5.74, 6) is 2.19. The van der Waals surface area contributed by atoms with Gasteiger partial charge in [-0.05, 0) is 37.7 Å². The Morgan fingerprint density at radius 2 is 2.11 bits per heavy atom. The summed E-state index contributed by atoms with van der Waals surface area (Å²) in [6.07, 6.45) is 4.10. The molecular formula is C21H28N4O3. The molecule has 0 radical (unpaired) electrons. The summed E-state index contributed by atoms with van der Waals surface area (Å²) in [4.78, 5) is 18.8. The highest BCUT2D eigenvalue weighted by Crippen LogP contribution is 2.29. The van der Waals surface area contributed by atoms with Gasteiger partial charge in [-0.1, -0.05) is 35.0 Å². The largest absolute Gasteiger partial charge is 0.381 e. The zero-order valence-corrected chi connectivity index (χ0v) is 16.4. The first-order valence-electron chi connectivity index (χ1n) is 10.2. The lowest BCUT2D eigenvalue weighted by Crippen LogP contribution is -2.37. The van der Waals surface area contributed by atoms with Gasteiger partial charge in [0.25, 0.3) is 0 Å².